The third kappa shape index (κ3) is 4.60. The first kappa shape index (κ1) is 15.0. The minimum Gasteiger partial charge on any atom is -0.373 e. The van der Waals surface area contributed by atoms with E-state index in [1.807, 2.05) is 25.1 Å². The second-order valence-corrected chi connectivity index (χ2v) is 5.08. The smallest absolute Gasteiger partial charge is 0.253 e. The molecule has 1 unspecified atom stereocenters. The molecule has 1 aromatic carbocycles. The number of benzene rings is 1. The Balaban J connectivity index is 1.83. The van der Waals surface area contributed by atoms with Gasteiger partial charge in [-0.2, -0.15) is 0 Å². The zero-order chi connectivity index (χ0) is 15.1. The summed E-state index contributed by atoms with van der Waals surface area (Å²) in [6.45, 7) is 2.02. The van der Waals surface area contributed by atoms with Gasteiger partial charge in [0.25, 0.3) is 5.91 Å². The van der Waals surface area contributed by atoms with E-state index in [2.05, 4.69) is 27.8 Å². The number of nitrogens with zero attached hydrogens (tertiary/aromatic N) is 1. The highest BCUT2D eigenvalue weighted by atomic mass is 16.1. The van der Waals surface area contributed by atoms with Crippen molar-refractivity contribution < 1.29 is 4.79 Å². The van der Waals surface area contributed by atoms with E-state index in [-0.39, 0.29) is 11.9 Å². The topological polar surface area (TPSA) is 54.0 Å². The Morgan fingerprint density at radius 3 is 2.57 bits per heavy atom. The fourth-order valence-electron chi connectivity index (χ4n) is 2.08. The molecule has 0 saturated carbocycles. The standard InChI is InChI=1S/C17H21N3O/c1-13(8-9-14-6-4-3-5-7-14)20-17(21)15-10-11-16(18-2)19-12-15/h3-7,10-13H,8-9H2,1-2H3,(H,18,19)(H,20,21). The molecule has 0 radical (unpaired) electrons. The molecule has 2 N–H and O–H groups in total. The van der Waals surface area contributed by atoms with Crippen LogP contribution in [0.15, 0.2) is 48.7 Å². The second-order valence-electron chi connectivity index (χ2n) is 5.08. The van der Waals surface area contributed by atoms with Crippen molar-refractivity contribution in [2.75, 3.05) is 12.4 Å². The number of anilines is 1. The van der Waals surface area contributed by atoms with Gasteiger partial charge in [-0.05, 0) is 37.5 Å². The van der Waals surface area contributed by atoms with Gasteiger partial charge in [-0.3, -0.25) is 4.79 Å². The number of aromatic nitrogens is 1. The molecule has 1 heterocycles. The third-order valence-electron chi connectivity index (χ3n) is 3.37. The van der Waals surface area contributed by atoms with E-state index in [0.29, 0.717) is 5.56 Å². The van der Waals surface area contributed by atoms with Crippen LogP contribution in [-0.4, -0.2) is 24.0 Å². The lowest BCUT2D eigenvalue weighted by Gasteiger charge is -2.14. The predicted molar refractivity (Wildman–Crippen MR) is 85.5 cm³/mol. The van der Waals surface area contributed by atoms with Crippen molar-refractivity contribution in [2.45, 2.75) is 25.8 Å². The Morgan fingerprint density at radius 1 is 1.19 bits per heavy atom. The summed E-state index contributed by atoms with van der Waals surface area (Å²) in [4.78, 5) is 16.2. The van der Waals surface area contributed by atoms with Crippen LogP contribution in [-0.2, 0) is 6.42 Å². The highest BCUT2D eigenvalue weighted by molar-refractivity contribution is 5.94. The second kappa shape index (κ2) is 7.43. The van der Waals surface area contributed by atoms with Gasteiger partial charge in [-0.1, -0.05) is 30.3 Å². The first-order chi connectivity index (χ1) is 10.2. The molecule has 1 atom stereocenters. The minimum absolute atomic E-state index is 0.0780. The molecule has 110 valence electrons. The Bertz CT molecular complexity index is 566. The van der Waals surface area contributed by atoms with E-state index in [1.165, 1.54) is 5.56 Å². The van der Waals surface area contributed by atoms with Crippen molar-refractivity contribution in [1.29, 1.82) is 0 Å². The fraction of sp³-hybridized carbons (Fsp3) is 0.294. The van der Waals surface area contributed by atoms with Gasteiger partial charge in [0.05, 0.1) is 5.56 Å². The molecule has 4 heteroatoms. The Morgan fingerprint density at radius 2 is 1.95 bits per heavy atom. The van der Waals surface area contributed by atoms with Crippen LogP contribution in [0, 0.1) is 0 Å². The van der Waals surface area contributed by atoms with Crippen molar-refractivity contribution in [3.63, 3.8) is 0 Å². The van der Waals surface area contributed by atoms with Crippen LogP contribution in [0.1, 0.15) is 29.3 Å². The van der Waals surface area contributed by atoms with Crippen LogP contribution in [0.2, 0.25) is 0 Å². The van der Waals surface area contributed by atoms with Crippen LogP contribution in [0.4, 0.5) is 5.82 Å². The van der Waals surface area contributed by atoms with Crippen molar-refractivity contribution in [2.24, 2.45) is 0 Å². The average Bonchev–Trinajstić information content (AvgIpc) is 2.54. The fourth-order valence-corrected chi connectivity index (χ4v) is 2.08. The van der Waals surface area contributed by atoms with E-state index in [9.17, 15) is 4.79 Å². The molecule has 0 aliphatic heterocycles. The number of carbonyl (C=O) groups is 1. The number of pyridine rings is 1. The molecule has 2 rings (SSSR count). The van der Waals surface area contributed by atoms with Gasteiger partial charge in [0, 0.05) is 19.3 Å². The van der Waals surface area contributed by atoms with Crippen LogP contribution in [0.5, 0.6) is 0 Å². The van der Waals surface area contributed by atoms with Crippen LogP contribution >= 0.6 is 0 Å². The molecular formula is C17H21N3O. The molecule has 0 bridgehead atoms. The maximum absolute atomic E-state index is 12.1. The summed E-state index contributed by atoms with van der Waals surface area (Å²) in [5.74, 6) is 0.675. The predicted octanol–water partition coefficient (Wildman–Crippen LogP) is 2.87. The first-order valence-electron chi connectivity index (χ1n) is 7.17. The van der Waals surface area contributed by atoms with Crippen LogP contribution < -0.4 is 10.6 Å². The lowest BCUT2D eigenvalue weighted by Crippen LogP contribution is -2.32. The number of rotatable bonds is 6. The Kier molecular flexibility index (Phi) is 5.32. The van der Waals surface area contributed by atoms with Gasteiger partial charge in [0.15, 0.2) is 0 Å². The zero-order valence-corrected chi connectivity index (χ0v) is 12.5. The van der Waals surface area contributed by atoms with Gasteiger partial charge in [-0.15, -0.1) is 0 Å². The normalized spacial score (nSPS) is 11.7. The number of amides is 1. The summed E-state index contributed by atoms with van der Waals surface area (Å²) >= 11 is 0. The molecule has 0 fully saturated rings. The van der Waals surface area contributed by atoms with Crippen LogP contribution in [0.25, 0.3) is 0 Å². The lowest BCUT2D eigenvalue weighted by atomic mass is 10.1. The van der Waals surface area contributed by atoms with E-state index in [0.717, 1.165) is 18.7 Å². The number of nitrogens with one attached hydrogen (secondary N) is 2. The van der Waals surface area contributed by atoms with Gasteiger partial charge in [0.2, 0.25) is 0 Å². The largest absolute Gasteiger partial charge is 0.373 e. The summed E-state index contributed by atoms with van der Waals surface area (Å²) in [5, 5.41) is 5.93. The van der Waals surface area contributed by atoms with Crippen molar-refractivity contribution in [3.05, 3.63) is 59.8 Å². The van der Waals surface area contributed by atoms with Crippen molar-refractivity contribution >= 4 is 11.7 Å². The van der Waals surface area contributed by atoms with Gasteiger partial charge in [0.1, 0.15) is 5.82 Å². The minimum atomic E-state index is -0.0780. The molecule has 0 saturated heterocycles. The number of hydrogen-bond acceptors (Lipinski definition) is 3. The third-order valence-corrected chi connectivity index (χ3v) is 3.37. The van der Waals surface area contributed by atoms with Gasteiger partial charge < -0.3 is 10.6 Å². The molecule has 4 nitrogen and oxygen atoms in total. The Hall–Kier alpha value is -2.36. The molecule has 0 spiro atoms. The zero-order valence-electron chi connectivity index (χ0n) is 12.5. The summed E-state index contributed by atoms with van der Waals surface area (Å²) in [7, 11) is 1.80. The lowest BCUT2D eigenvalue weighted by molar-refractivity contribution is 0.0938. The van der Waals surface area contributed by atoms with Crippen molar-refractivity contribution in [3.8, 4) is 0 Å². The summed E-state index contributed by atoms with van der Waals surface area (Å²) in [5.41, 5.74) is 1.87. The molecule has 0 aliphatic carbocycles. The summed E-state index contributed by atoms with van der Waals surface area (Å²) < 4.78 is 0. The van der Waals surface area contributed by atoms with E-state index in [1.54, 1.807) is 25.4 Å². The highest BCUT2D eigenvalue weighted by Gasteiger charge is 2.10. The number of aryl methyl sites for hydroxylation is 1. The van der Waals surface area contributed by atoms with E-state index in [4.69, 9.17) is 0 Å². The molecule has 2 aromatic rings. The molecular weight excluding hydrogens is 262 g/mol. The van der Waals surface area contributed by atoms with Gasteiger partial charge >= 0.3 is 0 Å². The van der Waals surface area contributed by atoms with Gasteiger partial charge in [-0.25, -0.2) is 4.98 Å². The maximum Gasteiger partial charge on any atom is 0.253 e. The quantitative estimate of drug-likeness (QED) is 0.857. The number of hydrogen-bond donors (Lipinski definition) is 2. The SMILES string of the molecule is CNc1ccc(C(=O)NC(C)CCc2ccccc2)cn1. The maximum atomic E-state index is 12.1. The van der Waals surface area contributed by atoms with E-state index >= 15 is 0 Å². The Labute approximate surface area is 125 Å². The summed E-state index contributed by atoms with van der Waals surface area (Å²) in [6.07, 6.45) is 3.46. The monoisotopic (exact) mass is 283 g/mol. The molecule has 21 heavy (non-hydrogen) atoms. The van der Waals surface area contributed by atoms with E-state index < -0.39 is 0 Å². The number of carbonyl (C=O) groups excluding carboxylic acids is 1. The highest BCUT2D eigenvalue weighted by Crippen LogP contribution is 2.07. The summed E-state index contributed by atoms with van der Waals surface area (Å²) in [6, 6.07) is 14.0. The average molecular weight is 283 g/mol. The van der Waals surface area contributed by atoms with Crippen molar-refractivity contribution in [1.82, 2.24) is 10.3 Å². The molecule has 1 aromatic heterocycles. The molecule has 1 amide bonds. The first-order valence-corrected chi connectivity index (χ1v) is 7.17. The molecule has 0 aliphatic rings. The van der Waals surface area contributed by atoms with Crippen LogP contribution in [0.3, 0.4) is 0 Å².